The van der Waals surface area contributed by atoms with Crippen LogP contribution in [0.2, 0.25) is 5.02 Å². The molecule has 0 atom stereocenters. The Morgan fingerprint density at radius 1 is 1.26 bits per heavy atom. The summed E-state index contributed by atoms with van der Waals surface area (Å²) in [6, 6.07) is 7.02. The number of halogens is 1. The Morgan fingerprint density at radius 3 is 2.84 bits per heavy atom. The molecule has 0 radical (unpaired) electrons. The predicted molar refractivity (Wildman–Crippen MR) is 80.4 cm³/mol. The van der Waals surface area contributed by atoms with E-state index in [0.717, 1.165) is 29.9 Å². The Hall–Kier alpha value is -1.03. The molecule has 0 amide bonds. The summed E-state index contributed by atoms with van der Waals surface area (Å²) in [6.07, 6.45) is 6.73. The summed E-state index contributed by atoms with van der Waals surface area (Å²) in [7, 11) is 0. The van der Waals surface area contributed by atoms with Gasteiger partial charge in [-0.15, -0.1) is 0 Å². The molecular weight excluding hydrogens is 258 g/mol. The second-order valence-electron chi connectivity index (χ2n) is 5.50. The van der Waals surface area contributed by atoms with Crippen LogP contribution in [-0.2, 0) is 6.54 Å². The van der Waals surface area contributed by atoms with E-state index in [4.69, 9.17) is 17.3 Å². The van der Waals surface area contributed by atoms with Gasteiger partial charge in [0.05, 0.1) is 0 Å². The zero-order valence-corrected chi connectivity index (χ0v) is 11.7. The standard InChI is InChI=1S/C15H20ClN3/c16-11-1-6-14-10(9-19-15(14)7-11)8-18-13-4-2-12(17)3-5-13/h1,6-7,9,12-13,18-19H,2-5,8,17H2. The summed E-state index contributed by atoms with van der Waals surface area (Å²) >= 11 is 5.99. The summed E-state index contributed by atoms with van der Waals surface area (Å²) < 4.78 is 0. The van der Waals surface area contributed by atoms with Crippen molar-refractivity contribution in [1.82, 2.24) is 10.3 Å². The Balaban J connectivity index is 1.65. The summed E-state index contributed by atoms with van der Waals surface area (Å²) in [5, 5.41) is 5.67. The molecule has 2 aromatic rings. The van der Waals surface area contributed by atoms with Gasteiger partial charge in [0.1, 0.15) is 0 Å². The Bertz CT molecular complexity index is 556. The lowest BCUT2D eigenvalue weighted by Crippen LogP contribution is -2.36. The van der Waals surface area contributed by atoms with Gasteiger partial charge < -0.3 is 16.0 Å². The van der Waals surface area contributed by atoms with Crippen LogP contribution in [0.4, 0.5) is 0 Å². The lowest BCUT2D eigenvalue weighted by atomic mass is 9.92. The van der Waals surface area contributed by atoms with Gasteiger partial charge in [-0.25, -0.2) is 0 Å². The maximum Gasteiger partial charge on any atom is 0.0472 e. The van der Waals surface area contributed by atoms with E-state index in [1.54, 1.807) is 0 Å². The molecule has 102 valence electrons. The number of H-pyrrole nitrogens is 1. The van der Waals surface area contributed by atoms with E-state index >= 15 is 0 Å². The highest BCUT2D eigenvalue weighted by atomic mass is 35.5. The highest BCUT2D eigenvalue weighted by molar-refractivity contribution is 6.31. The highest BCUT2D eigenvalue weighted by Gasteiger charge is 2.18. The van der Waals surface area contributed by atoms with Crippen LogP contribution in [0.1, 0.15) is 31.2 Å². The molecular formula is C15H20ClN3. The number of benzene rings is 1. The molecule has 0 bridgehead atoms. The monoisotopic (exact) mass is 277 g/mol. The average Bonchev–Trinajstić information content (AvgIpc) is 2.80. The van der Waals surface area contributed by atoms with Crippen LogP contribution >= 0.6 is 11.6 Å². The number of nitrogens with two attached hydrogens (primary N) is 1. The minimum absolute atomic E-state index is 0.410. The first-order chi connectivity index (χ1) is 9.22. The van der Waals surface area contributed by atoms with Crippen molar-refractivity contribution in [3.8, 4) is 0 Å². The molecule has 0 spiro atoms. The topological polar surface area (TPSA) is 53.8 Å². The van der Waals surface area contributed by atoms with E-state index in [2.05, 4.69) is 22.6 Å². The third-order valence-electron chi connectivity index (χ3n) is 4.08. The molecule has 19 heavy (non-hydrogen) atoms. The van der Waals surface area contributed by atoms with E-state index in [0.29, 0.717) is 12.1 Å². The van der Waals surface area contributed by atoms with Crippen molar-refractivity contribution in [1.29, 1.82) is 0 Å². The van der Waals surface area contributed by atoms with E-state index in [1.807, 2.05) is 12.1 Å². The normalized spacial score (nSPS) is 23.9. The van der Waals surface area contributed by atoms with Crippen LogP contribution in [0, 0.1) is 0 Å². The van der Waals surface area contributed by atoms with Crippen LogP contribution in [0.5, 0.6) is 0 Å². The zero-order chi connectivity index (χ0) is 13.2. The lowest BCUT2D eigenvalue weighted by molar-refractivity contribution is 0.342. The van der Waals surface area contributed by atoms with Gasteiger partial charge in [0, 0.05) is 40.8 Å². The Morgan fingerprint density at radius 2 is 2.05 bits per heavy atom. The van der Waals surface area contributed by atoms with Gasteiger partial charge in [0.15, 0.2) is 0 Å². The van der Waals surface area contributed by atoms with Gasteiger partial charge in [-0.1, -0.05) is 17.7 Å². The third kappa shape index (κ3) is 2.94. The summed E-state index contributed by atoms with van der Waals surface area (Å²) in [4.78, 5) is 3.28. The van der Waals surface area contributed by atoms with Gasteiger partial charge in [0.25, 0.3) is 0 Å². The summed E-state index contributed by atoms with van der Waals surface area (Å²) in [5.74, 6) is 0. The molecule has 4 N–H and O–H groups in total. The molecule has 3 nitrogen and oxygen atoms in total. The Labute approximate surface area is 118 Å². The van der Waals surface area contributed by atoms with E-state index < -0.39 is 0 Å². The average molecular weight is 278 g/mol. The van der Waals surface area contributed by atoms with Crippen molar-refractivity contribution in [2.45, 2.75) is 44.3 Å². The van der Waals surface area contributed by atoms with E-state index in [1.165, 1.54) is 23.8 Å². The second-order valence-corrected chi connectivity index (χ2v) is 5.93. The SMILES string of the molecule is NC1CCC(NCc2c[nH]c3cc(Cl)ccc23)CC1. The molecule has 3 rings (SSSR count). The number of aromatic nitrogens is 1. The van der Waals surface area contributed by atoms with Crippen LogP contribution in [0.3, 0.4) is 0 Å². The third-order valence-corrected chi connectivity index (χ3v) is 4.32. The summed E-state index contributed by atoms with van der Waals surface area (Å²) in [6.45, 7) is 0.904. The fraction of sp³-hybridized carbons (Fsp3) is 0.467. The van der Waals surface area contributed by atoms with Crippen LogP contribution in [0.15, 0.2) is 24.4 Å². The van der Waals surface area contributed by atoms with Crippen molar-refractivity contribution in [3.05, 3.63) is 35.0 Å². The van der Waals surface area contributed by atoms with Gasteiger partial charge in [-0.3, -0.25) is 0 Å². The van der Waals surface area contributed by atoms with Crippen molar-refractivity contribution >= 4 is 22.5 Å². The molecule has 1 heterocycles. The van der Waals surface area contributed by atoms with Crippen molar-refractivity contribution in [3.63, 3.8) is 0 Å². The first-order valence-corrected chi connectivity index (χ1v) is 7.34. The fourth-order valence-electron chi connectivity index (χ4n) is 2.88. The smallest absolute Gasteiger partial charge is 0.0472 e. The maximum absolute atomic E-state index is 5.99. The van der Waals surface area contributed by atoms with Crippen LogP contribution in [0.25, 0.3) is 10.9 Å². The van der Waals surface area contributed by atoms with Gasteiger partial charge in [-0.2, -0.15) is 0 Å². The molecule has 1 aromatic heterocycles. The Kier molecular flexibility index (Phi) is 3.78. The molecule has 4 heteroatoms. The van der Waals surface area contributed by atoms with Crippen molar-refractivity contribution in [2.24, 2.45) is 5.73 Å². The van der Waals surface area contributed by atoms with Gasteiger partial charge in [0.2, 0.25) is 0 Å². The lowest BCUT2D eigenvalue weighted by Gasteiger charge is -2.26. The second kappa shape index (κ2) is 5.53. The molecule has 1 fully saturated rings. The number of fused-ring (bicyclic) bond motifs is 1. The quantitative estimate of drug-likeness (QED) is 0.807. The zero-order valence-electron chi connectivity index (χ0n) is 11.0. The molecule has 1 aliphatic carbocycles. The number of hydrogen-bond acceptors (Lipinski definition) is 2. The molecule has 1 aliphatic rings. The van der Waals surface area contributed by atoms with Crippen molar-refractivity contribution < 1.29 is 0 Å². The van der Waals surface area contributed by atoms with E-state index in [-0.39, 0.29) is 0 Å². The minimum atomic E-state index is 0.410. The highest BCUT2D eigenvalue weighted by Crippen LogP contribution is 2.23. The molecule has 0 saturated heterocycles. The first kappa shape index (κ1) is 13.0. The molecule has 0 aliphatic heterocycles. The summed E-state index contributed by atoms with van der Waals surface area (Å²) in [5.41, 5.74) is 8.34. The van der Waals surface area contributed by atoms with Crippen LogP contribution < -0.4 is 11.1 Å². The number of hydrogen-bond donors (Lipinski definition) is 3. The van der Waals surface area contributed by atoms with Crippen LogP contribution in [-0.4, -0.2) is 17.1 Å². The fourth-order valence-corrected chi connectivity index (χ4v) is 3.05. The van der Waals surface area contributed by atoms with Crippen molar-refractivity contribution in [2.75, 3.05) is 0 Å². The number of nitrogens with one attached hydrogen (secondary N) is 2. The molecule has 0 unspecified atom stereocenters. The largest absolute Gasteiger partial charge is 0.361 e. The van der Waals surface area contributed by atoms with E-state index in [9.17, 15) is 0 Å². The van der Waals surface area contributed by atoms with Gasteiger partial charge in [-0.05, 0) is 43.4 Å². The van der Waals surface area contributed by atoms with Gasteiger partial charge >= 0.3 is 0 Å². The predicted octanol–water partition coefficient (Wildman–Crippen LogP) is 3.18. The number of aromatic amines is 1. The molecule has 1 saturated carbocycles. The minimum Gasteiger partial charge on any atom is -0.361 e. The molecule has 1 aromatic carbocycles. The maximum atomic E-state index is 5.99. The number of rotatable bonds is 3. The first-order valence-electron chi connectivity index (χ1n) is 6.97.